The van der Waals surface area contributed by atoms with Gasteiger partial charge in [0, 0.05) is 32.7 Å². The molecule has 154 valence electrons. The molecule has 3 aromatic rings. The zero-order valence-corrected chi connectivity index (χ0v) is 17.4. The highest BCUT2D eigenvalue weighted by atomic mass is 32.1. The Hall–Kier alpha value is -2.36. The molecular weight excluding hydrogens is 393 g/mol. The summed E-state index contributed by atoms with van der Waals surface area (Å²) in [7, 11) is 0. The van der Waals surface area contributed by atoms with E-state index in [2.05, 4.69) is 15.0 Å². The standard InChI is InChI=1S/C20H24FN5O2S/c1-3-26-16(13-14(2)23-26)19(27)25(8-7-24-9-11-28-12-10-24)20-22-18-15(21)5-4-6-17(18)29-20/h4-6,13H,3,7-12H2,1-2H3. The Morgan fingerprint density at radius 3 is 2.86 bits per heavy atom. The number of morpholine rings is 1. The quantitative estimate of drug-likeness (QED) is 0.617. The highest BCUT2D eigenvalue weighted by molar-refractivity contribution is 7.22. The lowest BCUT2D eigenvalue weighted by atomic mass is 10.3. The number of benzene rings is 1. The third kappa shape index (κ3) is 4.17. The monoisotopic (exact) mass is 417 g/mol. The first kappa shape index (κ1) is 19.9. The molecule has 29 heavy (non-hydrogen) atoms. The molecular formula is C20H24FN5O2S. The van der Waals surface area contributed by atoms with Crippen LogP contribution in [0.4, 0.5) is 9.52 Å². The highest BCUT2D eigenvalue weighted by Gasteiger charge is 2.26. The molecule has 3 heterocycles. The lowest BCUT2D eigenvalue weighted by Crippen LogP contribution is -2.43. The number of fused-ring (bicyclic) bond motifs is 1. The maximum absolute atomic E-state index is 14.2. The average Bonchev–Trinajstić information content (AvgIpc) is 3.33. The molecule has 0 N–H and O–H groups in total. The largest absolute Gasteiger partial charge is 0.379 e. The first-order valence-corrected chi connectivity index (χ1v) is 10.6. The summed E-state index contributed by atoms with van der Waals surface area (Å²) >= 11 is 1.33. The third-order valence-corrected chi connectivity index (χ3v) is 6.04. The number of anilines is 1. The number of halogens is 1. The lowest BCUT2D eigenvalue weighted by Gasteiger charge is -2.29. The Balaban J connectivity index is 1.67. The second-order valence-electron chi connectivity index (χ2n) is 6.98. The Bertz CT molecular complexity index is 1010. The van der Waals surface area contributed by atoms with E-state index in [1.165, 1.54) is 17.4 Å². The van der Waals surface area contributed by atoms with Crippen LogP contribution in [0, 0.1) is 12.7 Å². The van der Waals surface area contributed by atoms with Gasteiger partial charge in [-0.05, 0) is 32.0 Å². The van der Waals surface area contributed by atoms with Crippen LogP contribution >= 0.6 is 11.3 Å². The minimum Gasteiger partial charge on any atom is -0.379 e. The van der Waals surface area contributed by atoms with E-state index < -0.39 is 0 Å². The average molecular weight is 418 g/mol. The molecule has 0 spiro atoms. The topological polar surface area (TPSA) is 63.5 Å². The van der Waals surface area contributed by atoms with Crippen molar-refractivity contribution in [3.63, 3.8) is 0 Å². The molecule has 2 aromatic heterocycles. The molecule has 1 saturated heterocycles. The van der Waals surface area contributed by atoms with Crippen LogP contribution in [0.5, 0.6) is 0 Å². The second-order valence-corrected chi connectivity index (χ2v) is 7.99. The van der Waals surface area contributed by atoms with Crippen LogP contribution in [0.2, 0.25) is 0 Å². The molecule has 1 fully saturated rings. The SMILES string of the molecule is CCn1nc(C)cc1C(=O)N(CCN1CCOCC1)c1nc2c(F)cccc2s1. The van der Waals surface area contributed by atoms with Crippen LogP contribution in [0.25, 0.3) is 10.2 Å². The van der Waals surface area contributed by atoms with Gasteiger partial charge in [0.2, 0.25) is 0 Å². The first-order chi connectivity index (χ1) is 14.1. The van der Waals surface area contributed by atoms with Gasteiger partial charge in [-0.2, -0.15) is 5.10 Å². The van der Waals surface area contributed by atoms with E-state index in [0.717, 1.165) is 23.5 Å². The molecule has 1 aliphatic rings. The predicted molar refractivity (Wildman–Crippen MR) is 111 cm³/mol. The summed E-state index contributed by atoms with van der Waals surface area (Å²) in [5, 5.41) is 4.90. The zero-order chi connectivity index (χ0) is 20.4. The first-order valence-electron chi connectivity index (χ1n) is 9.78. The Labute approximate surface area is 172 Å². The van der Waals surface area contributed by atoms with Gasteiger partial charge < -0.3 is 4.74 Å². The summed E-state index contributed by atoms with van der Waals surface area (Å²) in [5.41, 5.74) is 1.61. The highest BCUT2D eigenvalue weighted by Crippen LogP contribution is 2.31. The second kappa shape index (κ2) is 8.56. The maximum Gasteiger partial charge on any atom is 0.278 e. The van der Waals surface area contributed by atoms with Gasteiger partial charge in [-0.1, -0.05) is 17.4 Å². The Morgan fingerprint density at radius 2 is 2.14 bits per heavy atom. The lowest BCUT2D eigenvalue weighted by molar-refractivity contribution is 0.0391. The number of thiazole rings is 1. The molecule has 7 nitrogen and oxygen atoms in total. The van der Waals surface area contributed by atoms with Crippen molar-refractivity contribution in [3.8, 4) is 0 Å². The predicted octanol–water partition coefficient (Wildman–Crippen LogP) is 2.94. The van der Waals surface area contributed by atoms with Gasteiger partial charge in [0.15, 0.2) is 5.13 Å². The van der Waals surface area contributed by atoms with Gasteiger partial charge in [0.05, 0.1) is 23.6 Å². The molecule has 1 aromatic carbocycles. The minimum absolute atomic E-state index is 0.167. The van der Waals surface area contributed by atoms with Crippen molar-refractivity contribution < 1.29 is 13.9 Å². The van der Waals surface area contributed by atoms with Gasteiger partial charge in [-0.15, -0.1) is 0 Å². The number of ether oxygens (including phenoxy) is 1. The number of carbonyl (C=O) groups excluding carboxylic acids is 1. The maximum atomic E-state index is 14.2. The van der Waals surface area contributed by atoms with E-state index in [4.69, 9.17) is 4.74 Å². The van der Waals surface area contributed by atoms with Crippen LogP contribution in [0.15, 0.2) is 24.3 Å². The van der Waals surface area contributed by atoms with Crippen LogP contribution in [-0.4, -0.2) is 65.0 Å². The number of hydrogen-bond donors (Lipinski definition) is 0. The van der Waals surface area contributed by atoms with Crippen LogP contribution in [0.3, 0.4) is 0 Å². The molecule has 0 aliphatic carbocycles. The van der Waals surface area contributed by atoms with E-state index >= 15 is 0 Å². The number of para-hydroxylation sites is 1. The van der Waals surface area contributed by atoms with E-state index in [-0.39, 0.29) is 11.7 Å². The van der Waals surface area contributed by atoms with Crippen molar-refractivity contribution in [2.45, 2.75) is 20.4 Å². The summed E-state index contributed by atoms with van der Waals surface area (Å²) in [6.07, 6.45) is 0. The molecule has 1 aliphatic heterocycles. The number of amides is 1. The summed E-state index contributed by atoms with van der Waals surface area (Å²) in [6.45, 7) is 8.65. The van der Waals surface area contributed by atoms with Gasteiger partial charge >= 0.3 is 0 Å². The number of nitrogens with zero attached hydrogens (tertiary/aromatic N) is 5. The molecule has 0 bridgehead atoms. The fourth-order valence-electron chi connectivity index (χ4n) is 3.47. The summed E-state index contributed by atoms with van der Waals surface area (Å²) < 4.78 is 22.0. The smallest absolute Gasteiger partial charge is 0.278 e. The number of aromatic nitrogens is 3. The van der Waals surface area contributed by atoms with Crippen molar-refractivity contribution >= 4 is 32.6 Å². The van der Waals surface area contributed by atoms with Crippen molar-refractivity contribution in [2.75, 3.05) is 44.3 Å². The van der Waals surface area contributed by atoms with Crippen LogP contribution in [-0.2, 0) is 11.3 Å². The molecule has 0 atom stereocenters. The normalized spacial score (nSPS) is 15.1. The third-order valence-electron chi connectivity index (χ3n) is 5.00. The molecule has 0 radical (unpaired) electrons. The zero-order valence-electron chi connectivity index (χ0n) is 16.6. The van der Waals surface area contributed by atoms with Gasteiger partial charge in [-0.25, -0.2) is 9.37 Å². The number of carbonyl (C=O) groups is 1. The van der Waals surface area contributed by atoms with E-state index in [1.807, 2.05) is 19.9 Å². The van der Waals surface area contributed by atoms with Crippen molar-refractivity contribution in [1.29, 1.82) is 0 Å². The van der Waals surface area contributed by atoms with Gasteiger partial charge in [-0.3, -0.25) is 19.3 Å². The minimum atomic E-state index is -0.375. The van der Waals surface area contributed by atoms with Crippen LogP contribution in [0.1, 0.15) is 23.1 Å². The summed E-state index contributed by atoms with van der Waals surface area (Å²) in [5.74, 6) is -0.541. The fourth-order valence-corrected chi connectivity index (χ4v) is 4.47. The van der Waals surface area contributed by atoms with Crippen molar-refractivity contribution in [1.82, 2.24) is 19.7 Å². The Kier molecular flexibility index (Phi) is 5.89. The van der Waals surface area contributed by atoms with Crippen molar-refractivity contribution in [2.24, 2.45) is 0 Å². The number of aryl methyl sites for hydroxylation is 2. The van der Waals surface area contributed by atoms with E-state index in [1.54, 1.807) is 21.7 Å². The molecule has 1 amide bonds. The number of hydrogen-bond acceptors (Lipinski definition) is 6. The molecule has 9 heteroatoms. The van der Waals surface area contributed by atoms with Crippen LogP contribution < -0.4 is 4.90 Å². The van der Waals surface area contributed by atoms with E-state index in [9.17, 15) is 9.18 Å². The molecule has 4 rings (SSSR count). The van der Waals surface area contributed by atoms with E-state index in [0.29, 0.717) is 49.2 Å². The Morgan fingerprint density at radius 1 is 1.34 bits per heavy atom. The molecule has 0 saturated carbocycles. The van der Waals surface area contributed by atoms with Gasteiger partial charge in [0.25, 0.3) is 5.91 Å². The fraction of sp³-hybridized carbons (Fsp3) is 0.450. The van der Waals surface area contributed by atoms with Crippen molar-refractivity contribution in [3.05, 3.63) is 41.5 Å². The summed E-state index contributed by atoms with van der Waals surface area (Å²) in [4.78, 5) is 21.8. The van der Waals surface area contributed by atoms with Gasteiger partial charge in [0.1, 0.15) is 17.0 Å². The number of rotatable bonds is 6. The summed E-state index contributed by atoms with van der Waals surface area (Å²) in [6, 6.07) is 6.67. The molecule has 0 unspecified atom stereocenters.